The van der Waals surface area contributed by atoms with Crippen molar-refractivity contribution < 1.29 is 22.0 Å². The molecule has 7 nitrogen and oxygen atoms in total. The van der Waals surface area contributed by atoms with Gasteiger partial charge in [-0.25, -0.2) is 17.1 Å². The number of halogens is 1. The van der Waals surface area contributed by atoms with Gasteiger partial charge in [0.05, 0.1) is 17.0 Å². The Hall–Kier alpha value is -3.34. The normalized spacial score (nSPS) is 16.1. The standard InChI is InChI=1S/C31H34FN3O4S2/c1-33-31(36)29-26-18-25(23-10-7-16-35(20-23)41(37,38)17-15-21-8-5-4-6-9-21)27(34(2)40-3)19-28(26)39-30(29)22-11-13-24(32)14-12-22/h4-6,8-9,11-14,18-19,23H,7,10,15-17,20H2,1-3H3,(H,33,36)/t23-/m0/s1. The summed E-state index contributed by atoms with van der Waals surface area (Å²) >= 11 is 1.54. The summed E-state index contributed by atoms with van der Waals surface area (Å²) in [6.45, 7) is 0.864. The summed E-state index contributed by atoms with van der Waals surface area (Å²) in [6.07, 6.45) is 4.00. The summed E-state index contributed by atoms with van der Waals surface area (Å²) in [7, 11) is 0.0522. The Morgan fingerprint density at radius 1 is 1.15 bits per heavy atom. The molecule has 5 rings (SSSR count). The maximum Gasteiger partial charge on any atom is 0.255 e. The van der Waals surface area contributed by atoms with E-state index in [1.807, 2.05) is 60.1 Å². The monoisotopic (exact) mass is 595 g/mol. The topological polar surface area (TPSA) is 82.9 Å². The lowest BCUT2D eigenvalue weighted by Crippen LogP contribution is -2.40. The van der Waals surface area contributed by atoms with Gasteiger partial charge < -0.3 is 14.0 Å². The highest BCUT2D eigenvalue weighted by Gasteiger charge is 2.32. The second-order valence-electron chi connectivity index (χ2n) is 10.2. The lowest BCUT2D eigenvalue weighted by Gasteiger charge is -2.34. The van der Waals surface area contributed by atoms with Crippen molar-refractivity contribution in [2.24, 2.45) is 0 Å². The number of carbonyl (C=O) groups is 1. The van der Waals surface area contributed by atoms with Crippen LogP contribution in [0.4, 0.5) is 10.1 Å². The van der Waals surface area contributed by atoms with Crippen molar-refractivity contribution in [3.63, 3.8) is 0 Å². The van der Waals surface area contributed by atoms with Gasteiger partial charge in [-0.3, -0.25) is 4.79 Å². The molecular formula is C31H34FN3O4S2. The summed E-state index contributed by atoms with van der Waals surface area (Å²) < 4.78 is 50.4. The highest BCUT2D eigenvalue weighted by atomic mass is 32.2. The van der Waals surface area contributed by atoms with E-state index < -0.39 is 10.0 Å². The van der Waals surface area contributed by atoms with E-state index in [0.29, 0.717) is 47.4 Å². The molecule has 1 atom stereocenters. The van der Waals surface area contributed by atoms with E-state index in [9.17, 15) is 17.6 Å². The highest BCUT2D eigenvalue weighted by molar-refractivity contribution is 7.99. The van der Waals surface area contributed by atoms with Gasteiger partial charge in [-0.1, -0.05) is 42.3 Å². The minimum absolute atomic E-state index is 0.0594. The van der Waals surface area contributed by atoms with E-state index in [4.69, 9.17) is 4.42 Å². The first kappa shape index (κ1) is 29.2. The third kappa shape index (κ3) is 6.14. The van der Waals surface area contributed by atoms with E-state index in [2.05, 4.69) is 5.32 Å². The van der Waals surface area contributed by atoms with Crippen LogP contribution < -0.4 is 9.62 Å². The fraction of sp³-hybridized carbons (Fsp3) is 0.323. The predicted molar refractivity (Wildman–Crippen MR) is 164 cm³/mol. The number of amides is 1. The molecule has 1 fully saturated rings. The van der Waals surface area contributed by atoms with Crippen molar-refractivity contribution in [3.8, 4) is 11.3 Å². The molecule has 1 aliphatic rings. The molecule has 0 aliphatic carbocycles. The molecule has 4 aromatic rings. The van der Waals surface area contributed by atoms with Gasteiger partial charge >= 0.3 is 0 Å². The minimum atomic E-state index is -3.46. The van der Waals surface area contributed by atoms with Crippen LogP contribution in [0.3, 0.4) is 0 Å². The summed E-state index contributed by atoms with van der Waals surface area (Å²) in [6, 6.07) is 19.4. The van der Waals surface area contributed by atoms with Gasteiger partial charge in [0.1, 0.15) is 17.2 Å². The fourth-order valence-electron chi connectivity index (χ4n) is 5.47. The molecule has 1 N–H and O–H groups in total. The van der Waals surface area contributed by atoms with Crippen LogP contribution in [0.25, 0.3) is 22.3 Å². The molecule has 0 radical (unpaired) electrons. The van der Waals surface area contributed by atoms with Gasteiger partial charge in [-0.15, -0.1) is 0 Å². The van der Waals surface area contributed by atoms with Gasteiger partial charge in [0.15, 0.2) is 0 Å². The molecule has 0 unspecified atom stereocenters. The minimum Gasteiger partial charge on any atom is -0.455 e. The maximum atomic E-state index is 13.7. The summed E-state index contributed by atoms with van der Waals surface area (Å²) in [5, 5.41) is 3.35. The van der Waals surface area contributed by atoms with Gasteiger partial charge in [-0.2, -0.15) is 0 Å². The molecule has 2 heterocycles. The molecule has 216 valence electrons. The third-order valence-electron chi connectivity index (χ3n) is 7.72. The zero-order chi connectivity index (χ0) is 29.1. The first-order valence-corrected chi connectivity index (χ1v) is 16.4. The fourth-order valence-corrected chi connectivity index (χ4v) is 7.39. The van der Waals surface area contributed by atoms with Crippen LogP contribution >= 0.6 is 11.9 Å². The number of piperidine rings is 1. The van der Waals surface area contributed by atoms with Crippen molar-refractivity contribution in [1.82, 2.24) is 9.62 Å². The second kappa shape index (κ2) is 12.3. The van der Waals surface area contributed by atoms with Crippen LogP contribution in [0, 0.1) is 5.82 Å². The first-order chi connectivity index (χ1) is 19.7. The third-order valence-corrected chi connectivity index (χ3v) is 10.3. The van der Waals surface area contributed by atoms with Crippen molar-refractivity contribution in [2.75, 3.05) is 43.5 Å². The van der Waals surface area contributed by atoms with Crippen LogP contribution in [0.1, 0.15) is 40.2 Å². The van der Waals surface area contributed by atoms with Gasteiger partial charge in [0.2, 0.25) is 10.0 Å². The van der Waals surface area contributed by atoms with Crippen molar-refractivity contribution in [2.45, 2.75) is 25.2 Å². The lowest BCUT2D eigenvalue weighted by atomic mass is 9.89. The zero-order valence-corrected chi connectivity index (χ0v) is 25.0. The van der Waals surface area contributed by atoms with E-state index in [1.165, 1.54) is 24.1 Å². The number of anilines is 1. The molecule has 1 saturated heterocycles. The number of fused-ring (bicyclic) bond motifs is 1. The van der Waals surface area contributed by atoms with Crippen molar-refractivity contribution in [3.05, 3.63) is 89.2 Å². The number of hydrogen-bond donors (Lipinski definition) is 1. The Kier molecular flexibility index (Phi) is 8.72. The van der Waals surface area contributed by atoms with Crippen LogP contribution in [0.15, 0.2) is 71.1 Å². The average molecular weight is 596 g/mol. The van der Waals surface area contributed by atoms with Gasteiger partial charge in [0.25, 0.3) is 5.91 Å². The van der Waals surface area contributed by atoms with E-state index in [1.54, 1.807) is 23.5 Å². The molecular weight excluding hydrogens is 561 g/mol. The average Bonchev–Trinajstić information content (AvgIpc) is 3.38. The number of hydrogen-bond acceptors (Lipinski definition) is 6. The molecule has 1 amide bonds. The molecule has 0 bridgehead atoms. The van der Waals surface area contributed by atoms with E-state index >= 15 is 0 Å². The summed E-state index contributed by atoms with van der Waals surface area (Å²) in [5.74, 6) is -0.329. The molecule has 1 aliphatic heterocycles. The number of furan rings is 1. The van der Waals surface area contributed by atoms with E-state index in [-0.39, 0.29) is 23.4 Å². The lowest BCUT2D eigenvalue weighted by molar-refractivity contribution is 0.0964. The van der Waals surface area contributed by atoms with Crippen LogP contribution in [-0.2, 0) is 16.4 Å². The molecule has 0 saturated carbocycles. The quantitative estimate of drug-likeness (QED) is 0.237. The smallest absolute Gasteiger partial charge is 0.255 e. The largest absolute Gasteiger partial charge is 0.455 e. The Bertz CT molecular complexity index is 1640. The highest BCUT2D eigenvalue weighted by Crippen LogP contribution is 2.42. The summed E-state index contributed by atoms with van der Waals surface area (Å²) in [5.41, 5.74) is 4.37. The van der Waals surface area contributed by atoms with Gasteiger partial charge in [0, 0.05) is 50.5 Å². The Labute approximate surface area is 244 Å². The zero-order valence-electron chi connectivity index (χ0n) is 23.4. The number of sulfonamides is 1. The predicted octanol–water partition coefficient (Wildman–Crippen LogP) is 6.06. The molecule has 0 spiro atoms. The Balaban J connectivity index is 1.54. The molecule has 41 heavy (non-hydrogen) atoms. The summed E-state index contributed by atoms with van der Waals surface area (Å²) in [4.78, 5) is 13.1. The molecule has 3 aromatic carbocycles. The van der Waals surface area contributed by atoms with Crippen molar-refractivity contribution in [1.29, 1.82) is 0 Å². The Morgan fingerprint density at radius 3 is 2.56 bits per heavy atom. The van der Waals surface area contributed by atoms with Crippen LogP contribution in [0.5, 0.6) is 0 Å². The maximum absolute atomic E-state index is 13.7. The molecule has 10 heteroatoms. The van der Waals surface area contributed by atoms with Crippen LogP contribution in [-0.4, -0.2) is 57.8 Å². The number of nitrogens with zero attached hydrogens (tertiary/aromatic N) is 2. The first-order valence-electron chi connectivity index (χ1n) is 13.6. The Morgan fingerprint density at radius 2 is 1.88 bits per heavy atom. The van der Waals surface area contributed by atoms with Gasteiger partial charge in [-0.05, 0) is 66.6 Å². The number of benzene rings is 3. The van der Waals surface area contributed by atoms with Crippen LogP contribution in [0.2, 0.25) is 0 Å². The second-order valence-corrected chi connectivity index (χ2v) is 13.2. The van der Waals surface area contributed by atoms with E-state index in [0.717, 1.165) is 29.7 Å². The number of carbonyl (C=O) groups excluding carboxylic acids is 1. The molecule has 1 aromatic heterocycles. The number of nitrogens with one attached hydrogen (secondary N) is 1. The number of rotatable bonds is 9. The SMILES string of the molecule is CNC(=O)c1c(-c2ccc(F)cc2)oc2cc(N(C)SC)c([C@H]3CCCN(S(=O)(=O)CCc4ccccc4)C3)cc12. The number of aryl methyl sites for hydroxylation is 1. The van der Waals surface area contributed by atoms with Crippen molar-refractivity contribution >= 4 is 44.5 Å².